The summed E-state index contributed by atoms with van der Waals surface area (Å²) in [4.78, 5) is 15.7. The van der Waals surface area contributed by atoms with Crippen molar-refractivity contribution in [1.82, 2.24) is 24.8 Å². The first kappa shape index (κ1) is 20.6. The third-order valence-corrected chi connectivity index (χ3v) is 7.29. The third-order valence-electron chi connectivity index (χ3n) is 7.29. The van der Waals surface area contributed by atoms with Gasteiger partial charge in [-0.05, 0) is 50.6 Å². The molecule has 0 bridgehead atoms. The fourth-order valence-corrected chi connectivity index (χ4v) is 5.56. The van der Waals surface area contributed by atoms with Crippen LogP contribution in [0.25, 0.3) is 11.3 Å². The van der Waals surface area contributed by atoms with Gasteiger partial charge >= 0.3 is 0 Å². The van der Waals surface area contributed by atoms with Crippen molar-refractivity contribution < 1.29 is 9.13 Å². The van der Waals surface area contributed by atoms with Crippen LogP contribution < -0.4 is 15.0 Å². The fourth-order valence-electron chi connectivity index (χ4n) is 5.56. The average Bonchev–Trinajstić information content (AvgIpc) is 3.44. The molecular weight excluding hydrogens is 419 g/mol. The first-order valence-corrected chi connectivity index (χ1v) is 12.0. The molecule has 2 aromatic heterocycles. The monoisotopic (exact) mass is 448 g/mol. The second-order valence-electron chi connectivity index (χ2n) is 9.37. The predicted octanol–water partition coefficient (Wildman–Crippen LogP) is 3.82. The Morgan fingerprint density at radius 2 is 1.94 bits per heavy atom. The number of piperidine rings is 2. The van der Waals surface area contributed by atoms with Gasteiger partial charge in [0.15, 0.2) is 5.75 Å². The zero-order chi connectivity index (χ0) is 22.2. The van der Waals surface area contributed by atoms with Crippen molar-refractivity contribution in [2.24, 2.45) is 5.92 Å². The van der Waals surface area contributed by atoms with Crippen molar-refractivity contribution in [3.8, 4) is 17.0 Å². The van der Waals surface area contributed by atoms with Gasteiger partial charge in [0.1, 0.15) is 11.9 Å². The van der Waals surface area contributed by atoms with Crippen molar-refractivity contribution in [1.29, 1.82) is 0 Å². The molecule has 172 valence electrons. The van der Waals surface area contributed by atoms with Crippen molar-refractivity contribution in [2.75, 3.05) is 31.1 Å². The molecule has 7 nitrogen and oxygen atoms in total. The largest absolute Gasteiger partial charge is 0.486 e. The highest BCUT2D eigenvalue weighted by atomic mass is 19.1. The van der Waals surface area contributed by atoms with Crippen LogP contribution in [0.3, 0.4) is 0 Å². The van der Waals surface area contributed by atoms with Gasteiger partial charge < -0.3 is 19.5 Å². The Balaban J connectivity index is 1.08. The van der Waals surface area contributed by atoms with Crippen LogP contribution in [0.4, 0.5) is 10.3 Å². The first-order chi connectivity index (χ1) is 16.3. The lowest BCUT2D eigenvalue weighted by Crippen LogP contribution is -2.37. The second kappa shape index (κ2) is 8.74. The van der Waals surface area contributed by atoms with E-state index >= 15 is 0 Å². The predicted molar refractivity (Wildman–Crippen MR) is 124 cm³/mol. The molecule has 1 aromatic carbocycles. The summed E-state index contributed by atoms with van der Waals surface area (Å²) in [5.74, 6) is 1.91. The molecule has 2 unspecified atom stereocenters. The molecule has 2 atom stereocenters. The highest BCUT2D eigenvalue weighted by Crippen LogP contribution is 2.44. The van der Waals surface area contributed by atoms with Crippen LogP contribution in [0, 0.1) is 11.7 Å². The Bertz CT molecular complexity index is 1100. The van der Waals surface area contributed by atoms with Crippen molar-refractivity contribution >= 4 is 5.95 Å². The molecule has 0 aliphatic carbocycles. The number of ether oxygens (including phenoxy) is 1. The second-order valence-corrected chi connectivity index (χ2v) is 9.37. The minimum Gasteiger partial charge on any atom is -0.486 e. The molecule has 0 radical (unpaired) electrons. The Labute approximate surface area is 193 Å². The summed E-state index contributed by atoms with van der Waals surface area (Å²) in [6.45, 7) is 3.76. The third kappa shape index (κ3) is 3.97. The lowest BCUT2D eigenvalue weighted by Gasteiger charge is -2.33. The van der Waals surface area contributed by atoms with Gasteiger partial charge in [-0.2, -0.15) is 0 Å². The van der Waals surface area contributed by atoms with Crippen LogP contribution in [0.2, 0.25) is 0 Å². The van der Waals surface area contributed by atoms with E-state index in [1.807, 2.05) is 18.6 Å². The molecule has 1 N–H and O–H groups in total. The van der Waals surface area contributed by atoms with Gasteiger partial charge in [0.25, 0.3) is 0 Å². The van der Waals surface area contributed by atoms with E-state index in [0.717, 1.165) is 86.8 Å². The van der Waals surface area contributed by atoms with E-state index in [0.29, 0.717) is 5.92 Å². The normalized spacial score (nSPS) is 22.8. The van der Waals surface area contributed by atoms with Crippen molar-refractivity contribution in [3.63, 3.8) is 0 Å². The summed E-state index contributed by atoms with van der Waals surface area (Å²) in [5, 5.41) is 3.36. The average molecular weight is 449 g/mol. The summed E-state index contributed by atoms with van der Waals surface area (Å²) >= 11 is 0. The molecule has 0 amide bonds. The van der Waals surface area contributed by atoms with Crippen LogP contribution in [0.15, 0.2) is 43.1 Å². The molecule has 3 aromatic rings. The Morgan fingerprint density at radius 3 is 2.73 bits per heavy atom. The van der Waals surface area contributed by atoms with E-state index in [-0.39, 0.29) is 18.0 Å². The lowest BCUT2D eigenvalue weighted by molar-refractivity contribution is 0.166. The van der Waals surface area contributed by atoms with E-state index in [1.165, 1.54) is 0 Å². The summed E-state index contributed by atoms with van der Waals surface area (Å²) in [6.07, 6.45) is 12.7. The first-order valence-electron chi connectivity index (χ1n) is 12.0. The molecule has 2 fully saturated rings. The molecule has 0 spiro atoms. The fraction of sp³-hybridized carbons (Fsp3) is 0.480. The minimum absolute atomic E-state index is 0.0252. The zero-order valence-corrected chi connectivity index (χ0v) is 18.7. The molecule has 5 heterocycles. The Hall–Kier alpha value is -3.00. The minimum atomic E-state index is -0.113. The number of benzene rings is 1. The van der Waals surface area contributed by atoms with Gasteiger partial charge in [-0.15, -0.1) is 0 Å². The molecule has 0 saturated carbocycles. The summed E-state index contributed by atoms with van der Waals surface area (Å²) in [7, 11) is 0. The number of rotatable bonds is 5. The quantitative estimate of drug-likeness (QED) is 0.640. The summed E-state index contributed by atoms with van der Waals surface area (Å²) in [5.41, 5.74) is 2.82. The number of imidazole rings is 1. The number of nitrogens with zero attached hydrogens (tertiary/aromatic N) is 5. The zero-order valence-electron chi connectivity index (χ0n) is 18.7. The standard InChI is InChI=1S/C25H29FN6O/c26-21-5-1-4-20-23-15-28-16-32(23)22(24(20)21)11-17-6-9-31(10-7-17)25-29-13-19(14-30-25)33-18-3-2-8-27-12-18/h1,4-5,13-18,22,27H,2-3,6-12H2. The highest BCUT2D eigenvalue weighted by molar-refractivity contribution is 5.69. The molecule has 6 rings (SSSR count). The van der Waals surface area contributed by atoms with Gasteiger partial charge in [-0.1, -0.05) is 12.1 Å². The number of aromatic nitrogens is 4. The highest BCUT2D eigenvalue weighted by Gasteiger charge is 2.34. The van der Waals surface area contributed by atoms with E-state index in [4.69, 9.17) is 4.74 Å². The van der Waals surface area contributed by atoms with Gasteiger partial charge in [0.2, 0.25) is 5.95 Å². The van der Waals surface area contributed by atoms with Crippen molar-refractivity contribution in [3.05, 3.63) is 54.5 Å². The van der Waals surface area contributed by atoms with Gasteiger partial charge in [0.05, 0.1) is 36.7 Å². The number of fused-ring (bicyclic) bond motifs is 3. The number of halogens is 1. The molecule has 3 aliphatic rings. The summed E-state index contributed by atoms with van der Waals surface area (Å²) < 4.78 is 22.9. The Morgan fingerprint density at radius 1 is 1.09 bits per heavy atom. The smallest absolute Gasteiger partial charge is 0.225 e. The summed E-state index contributed by atoms with van der Waals surface area (Å²) in [6, 6.07) is 5.39. The van der Waals surface area contributed by atoms with Gasteiger partial charge in [-0.25, -0.2) is 19.3 Å². The van der Waals surface area contributed by atoms with Gasteiger partial charge in [0, 0.05) is 30.8 Å². The van der Waals surface area contributed by atoms with Crippen molar-refractivity contribution in [2.45, 2.75) is 44.2 Å². The molecule has 3 aliphatic heterocycles. The maximum Gasteiger partial charge on any atom is 0.225 e. The topological polar surface area (TPSA) is 68.1 Å². The van der Waals surface area contributed by atoms with Crippen LogP contribution >= 0.6 is 0 Å². The van der Waals surface area contributed by atoms with Crippen LogP contribution in [-0.4, -0.2) is 51.8 Å². The van der Waals surface area contributed by atoms with E-state index < -0.39 is 0 Å². The molecule has 8 heteroatoms. The van der Waals surface area contributed by atoms with Crippen LogP contribution in [0.5, 0.6) is 5.75 Å². The van der Waals surface area contributed by atoms with Crippen LogP contribution in [0.1, 0.15) is 43.7 Å². The molecule has 2 saturated heterocycles. The van der Waals surface area contributed by atoms with E-state index in [2.05, 4.69) is 29.7 Å². The molecular formula is C25H29FN6O. The number of hydrogen-bond acceptors (Lipinski definition) is 6. The van der Waals surface area contributed by atoms with E-state index in [9.17, 15) is 4.39 Å². The lowest BCUT2D eigenvalue weighted by atomic mass is 9.87. The SMILES string of the molecule is Fc1cccc2c1C(CC1CCN(c3ncc(OC4CCCNC4)cn3)CC1)n1cncc1-2. The van der Waals surface area contributed by atoms with Gasteiger partial charge in [-0.3, -0.25) is 0 Å². The number of nitrogens with one attached hydrogen (secondary N) is 1. The Kier molecular flexibility index (Phi) is 5.46. The van der Waals surface area contributed by atoms with Crippen LogP contribution in [-0.2, 0) is 0 Å². The maximum absolute atomic E-state index is 14.7. The number of hydrogen-bond donors (Lipinski definition) is 1. The van der Waals surface area contributed by atoms with E-state index in [1.54, 1.807) is 24.5 Å². The maximum atomic E-state index is 14.7. The molecule has 33 heavy (non-hydrogen) atoms. The number of anilines is 1.